The lowest BCUT2D eigenvalue weighted by Crippen LogP contribution is -3.12. The van der Waals surface area contributed by atoms with Crippen molar-refractivity contribution in [3.63, 3.8) is 0 Å². The molecular weight excluding hydrogens is 291 g/mol. The van der Waals surface area contributed by atoms with Crippen LogP contribution in [0.3, 0.4) is 0 Å². The molecule has 0 bridgehead atoms. The molecular formula is C19H28FN2O+. The van der Waals surface area contributed by atoms with Crippen LogP contribution in [0.4, 0.5) is 4.39 Å². The second-order valence-electron chi connectivity index (χ2n) is 7.09. The molecule has 0 aliphatic carbocycles. The molecule has 1 N–H and O–H groups in total. The van der Waals surface area contributed by atoms with Crippen molar-refractivity contribution in [1.82, 2.24) is 4.90 Å². The van der Waals surface area contributed by atoms with Gasteiger partial charge < -0.3 is 9.80 Å². The molecule has 126 valence electrons. The summed E-state index contributed by atoms with van der Waals surface area (Å²) in [7, 11) is 0. The summed E-state index contributed by atoms with van der Waals surface area (Å²) >= 11 is 0. The molecule has 0 spiro atoms. The molecule has 3 rings (SSSR count). The molecule has 2 atom stereocenters. The SMILES string of the molecule is O=C([C@H]1CCC[NH+](Cc2cccc(F)c2)C1)N1CCCCCC1. The highest BCUT2D eigenvalue weighted by molar-refractivity contribution is 5.79. The van der Waals surface area contributed by atoms with Crippen LogP contribution in [0.2, 0.25) is 0 Å². The smallest absolute Gasteiger partial charge is 0.231 e. The van der Waals surface area contributed by atoms with E-state index in [4.69, 9.17) is 0 Å². The lowest BCUT2D eigenvalue weighted by atomic mass is 9.96. The number of hydrogen-bond acceptors (Lipinski definition) is 1. The molecule has 3 nitrogen and oxygen atoms in total. The van der Waals surface area contributed by atoms with E-state index in [1.807, 2.05) is 6.07 Å². The molecule has 2 heterocycles. The maximum absolute atomic E-state index is 13.3. The average Bonchev–Trinajstić information content (AvgIpc) is 2.84. The van der Waals surface area contributed by atoms with Gasteiger partial charge in [0.05, 0.1) is 19.0 Å². The van der Waals surface area contributed by atoms with Crippen LogP contribution < -0.4 is 4.90 Å². The monoisotopic (exact) mass is 319 g/mol. The maximum Gasteiger partial charge on any atom is 0.231 e. The van der Waals surface area contributed by atoms with Crippen LogP contribution in [0.25, 0.3) is 0 Å². The van der Waals surface area contributed by atoms with E-state index in [0.29, 0.717) is 5.91 Å². The second-order valence-corrected chi connectivity index (χ2v) is 7.09. The van der Waals surface area contributed by atoms with E-state index >= 15 is 0 Å². The molecule has 1 unspecified atom stereocenters. The molecule has 1 amide bonds. The second kappa shape index (κ2) is 7.91. The molecule has 2 aliphatic rings. The van der Waals surface area contributed by atoms with E-state index in [0.717, 1.165) is 64.0 Å². The van der Waals surface area contributed by atoms with Gasteiger partial charge in [0.15, 0.2) is 0 Å². The Balaban J connectivity index is 1.57. The number of quaternary nitrogens is 1. The normalized spacial score (nSPS) is 25.9. The number of halogens is 1. The van der Waals surface area contributed by atoms with E-state index in [-0.39, 0.29) is 11.7 Å². The zero-order chi connectivity index (χ0) is 16.1. The summed E-state index contributed by atoms with van der Waals surface area (Å²) < 4.78 is 13.3. The Morgan fingerprint density at radius 1 is 1.17 bits per heavy atom. The predicted molar refractivity (Wildman–Crippen MR) is 88.6 cm³/mol. The fourth-order valence-corrected chi connectivity index (χ4v) is 4.01. The quantitative estimate of drug-likeness (QED) is 0.906. The summed E-state index contributed by atoms with van der Waals surface area (Å²) in [6.07, 6.45) is 6.92. The van der Waals surface area contributed by atoms with Crippen molar-refractivity contribution in [1.29, 1.82) is 0 Å². The average molecular weight is 319 g/mol. The van der Waals surface area contributed by atoms with Crippen molar-refractivity contribution >= 4 is 5.91 Å². The molecule has 23 heavy (non-hydrogen) atoms. The van der Waals surface area contributed by atoms with Gasteiger partial charge >= 0.3 is 0 Å². The van der Waals surface area contributed by atoms with E-state index in [1.165, 1.54) is 23.8 Å². The first-order chi connectivity index (χ1) is 11.2. The zero-order valence-electron chi connectivity index (χ0n) is 13.9. The number of nitrogens with one attached hydrogen (secondary N) is 1. The summed E-state index contributed by atoms with van der Waals surface area (Å²) in [5.74, 6) is 0.352. The van der Waals surface area contributed by atoms with Crippen LogP contribution in [-0.4, -0.2) is 37.0 Å². The fraction of sp³-hybridized carbons (Fsp3) is 0.632. The minimum absolute atomic E-state index is 0.158. The molecule has 1 aromatic rings. The molecule has 4 heteroatoms. The molecule has 0 aromatic heterocycles. The summed E-state index contributed by atoms with van der Waals surface area (Å²) in [5.41, 5.74) is 1.03. The topological polar surface area (TPSA) is 24.8 Å². The highest BCUT2D eigenvalue weighted by Gasteiger charge is 2.31. The number of carbonyl (C=O) groups excluding carboxylic acids is 1. The highest BCUT2D eigenvalue weighted by Crippen LogP contribution is 2.16. The van der Waals surface area contributed by atoms with Gasteiger partial charge in [-0.05, 0) is 37.8 Å². The highest BCUT2D eigenvalue weighted by atomic mass is 19.1. The first-order valence-electron chi connectivity index (χ1n) is 9.09. The Bertz CT molecular complexity index is 526. The van der Waals surface area contributed by atoms with Crippen LogP contribution in [0.15, 0.2) is 24.3 Å². The van der Waals surface area contributed by atoms with Crippen molar-refractivity contribution in [2.24, 2.45) is 5.92 Å². The number of rotatable bonds is 3. The first kappa shape index (κ1) is 16.4. The molecule has 0 radical (unpaired) electrons. The van der Waals surface area contributed by atoms with E-state index in [2.05, 4.69) is 4.90 Å². The predicted octanol–water partition coefficient (Wildman–Crippen LogP) is 2.02. The van der Waals surface area contributed by atoms with Crippen molar-refractivity contribution in [2.75, 3.05) is 26.2 Å². The zero-order valence-corrected chi connectivity index (χ0v) is 13.9. The summed E-state index contributed by atoms with van der Waals surface area (Å²) in [4.78, 5) is 16.3. The van der Waals surface area contributed by atoms with Crippen LogP contribution in [0.1, 0.15) is 44.1 Å². The van der Waals surface area contributed by atoms with Gasteiger partial charge in [-0.25, -0.2) is 4.39 Å². The largest absolute Gasteiger partial charge is 0.342 e. The number of carbonyl (C=O) groups is 1. The maximum atomic E-state index is 13.3. The van der Waals surface area contributed by atoms with Crippen molar-refractivity contribution in [2.45, 2.75) is 45.1 Å². The molecule has 1 aromatic carbocycles. The Labute approximate surface area is 138 Å². The van der Waals surface area contributed by atoms with Gasteiger partial charge in [-0.2, -0.15) is 0 Å². The summed E-state index contributed by atoms with van der Waals surface area (Å²) in [5, 5.41) is 0. The van der Waals surface area contributed by atoms with Gasteiger partial charge in [0.25, 0.3) is 0 Å². The number of amides is 1. The fourth-order valence-electron chi connectivity index (χ4n) is 4.01. The van der Waals surface area contributed by atoms with Gasteiger partial charge in [-0.3, -0.25) is 4.79 Å². The van der Waals surface area contributed by atoms with Gasteiger partial charge in [0, 0.05) is 18.7 Å². The summed E-state index contributed by atoms with van der Waals surface area (Å²) in [6.45, 7) is 4.68. The number of likely N-dealkylation sites (tertiary alicyclic amines) is 2. The van der Waals surface area contributed by atoms with Crippen LogP contribution in [0, 0.1) is 11.7 Å². The summed E-state index contributed by atoms with van der Waals surface area (Å²) in [6, 6.07) is 6.86. The Kier molecular flexibility index (Phi) is 5.65. The van der Waals surface area contributed by atoms with E-state index < -0.39 is 0 Å². The molecule has 2 fully saturated rings. The van der Waals surface area contributed by atoms with E-state index in [1.54, 1.807) is 12.1 Å². The third kappa shape index (κ3) is 4.54. The Hall–Kier alpha value is -1.42. The van der Waals surface area contributed by atoms with Gasteiger partial charge in [-0.1, -0.05) is 25.0 Å². The Morgan fingerprint density at radius 3 is 2.70 bits per heavy atom. The lowest BCUT2D eigenvalue weighted by molar-refractivity contribution is -0.921. The van der Waals surface area contributed by atoms with Gasteiger partial charge in [0.2, 0.25) is 5.91 Å². The van der Waals surface area contributed by atoms with Crippen LogP contribution >= 0.6 is 0 Å². The van der Waals surface area contributed by atoms with Gasteiger partial charge in [-0.15, -0.1) is 0 Å². The molecule has 2 aliphatic heterocycles. The Morgan fingerprint density at radius 2 is 1.96 bits per heavy atom. The minimum atomic E-state index is -0.170. The van der Waals surface area contributed by atoms with Crippen LogP contribution in [0.5, 0.6) is 0 Å². The van der Waals surface area contributed by atoms with Crippen LogP contribution in [-0.2, 0) is 11.3 Å². The van der Waals surface area contributed by atoms with Gasteiger partial charge in [0.1, 0.15) is 12.4 Å². The lowest BCUT2D eigenvalue weighted by Gasteiger charge is -2.32. The minimum Gasteiger partial charge on any atom is -0.342 e. The first-order valence-corrected chi connectivity index (χ1v) is 9.09. The number of piperidine rings is 1. The number of hydrogen-bond donors (Lipinski definition) is 1. The molecule has 2 saturated heterocycles. The van der Waals surface area contributed by atoms with Crippen molar-refractivity contribution in [3.8, 4) is 0 Å². The standard InChI is InChI=1S/C19H27FN2O/c20-18-9-5-7-16(13-18)14-21-10-6-8-17(15-21)19(23)22-11-3-1-2-4-12-22/h5,7,9,13,17H,1-4,6,8,10-12,14-15H2/p+1/t17-/m0/s1. The number of nitrogens with zero attached hydrogens (tertiary/aromatic N) is 1. The third-order valence-electron chi connectivity index (χ3n) is 5.23. The van der Waals surface area contributed by atoms with Crippen molar-refractivity contribution < 1.29 is 14.1 Å². The third-order valence-corrected chi connectivity index (χ3v) is 5.23. The number of benzene rings is 1. The molecule has 0 saturated carbocycles. The van der Waals surface area contributed by atoms with E-state index in [9.17, 15) is 9.18 Å². The van der Waals surface area contributed by atoms with Crippen molar-refractivity contribution in [3.05, 3.63) is 35.6 Å².